The molecule has 0 N–H and O–H groups in total. The maximum atomic E-state index is 12.1. The summed E-state index contributed by atoms with van der Waals surface area (Å²) in [7, 11) is 0. The lowest BCUT2D eigenvalue weighted by molar-refractivity contribution is -0.124. The number of ketones is 1. The summed E-state index contributed by atoms with van der Waals surface area (Å²) in [6.45, 7) is 3.48. The number of nitrogens with zero attached hydrogens (tertiary/aromatic N) is 1. The Bertz CT molecular complexity index is 976. The number of hydrogen-bond acceptors (Lipinski definition) is 2. The third kappa shape index (κ3) is 5.50. The standard InChI is InChI=1S/C30H35NO.ClH/c32-29-15-6-3-11-25(29)12-7-8-20-31-21-18-26(19-22-31)30-27-13-4-1-9-23(27)16-17-24-10-2-5-14-28(24)30;/h1-2,4-5,9-10,13-14,16-17,25H,3,6-8,11-12,15,18-22H2;1H. The summed E-state index contributed by atoms with van der Waals surface area (Å²) < 4.78 is 0. The highest BCUT2D eigenvalue weighted by Crippen LogP contribution is 2.38. The topological polar surface area (TPSA) is 20.3 Å². The highest BCUT2D eigenvalue weighted by molar-refractivity contribution is 5.94. The second-order valence-corrected chi connectivity index (χ2v) is 9.73. The van der Waals surface area contributed by atoms with Crippen LogP contribution in [0.1, 0.15) is 80.0 Å². The van der Waals surface area contributed by atoms with Gasteiger partial charge >= 0.3 is 0 Å². The molecule has 33 heavy (non-hydrogen) atoms. The average Bonchev–Trinajstić information content (AvgIpc) is 3.00. The van der Waals surface area contributed by atoms with Gasteiger partial charge in [0, 0.05) is 25.4 Å². The molecule has 0 amide bonds. The van der Waals surface area contributed by atoms with Gasteiger partial charge in [0.05, 0.1) is 0 Å². The fraction of sp³-hybridized carbons (Fsp3) is 0.433. The maximum Gasteiger partial charge on any atom is 0.135 e. The van der Waals surface area contributed by atoms with E-state index in [0.717, 1.165) is 51.6 Å². The number of carbonyl (C=O) groups excluding carboxylic acids is 1. The molecule has 0 radical (unpaired) electrons. The molecule has 1 heterocycles. The molecule has 1 atom stereocenters. The van der Waals surface area contributed by atoms with Crippen molar-refractivity contribution in [2.45, 2.75) is 57.8 Å². The summed E-state index contributed by atoms with van der Waals surface area (Å²) in [5, 5.41) is 0. The molecular weight excluding hydrogens is 426 g/mol. The van der Waals surface area contributed by atoms with E-state index in [1.165, 1.54) is 53.6 Å². The van der Waals surface area contributed by atoms with E-state index in [1.54, 1.807) is 5.57 Å². The Balaban J connectivity index is 0.00000259. The lowest BCUT2D eigenvalue weighted by Crippen LogP contribution is -2.32. The number of Topliss-reactive ketones (excluding diaryl/α,β-unsaturated/α-hetero) is 1. The molecule has 2 fully saturated rings. The Kier molecular flexibility index (Phi) is 8.22. The van der Waals surface area contributed by atoms with E-state index < -0.39 is 0 Å². The van der Waals surface area contributed by atoms with Crippen molar-refractivity contribution in [1.29, 1.82) is 0 Å². The number of benzene rings is 2. The monoisotopic (exact) mass is 461 g/mol. The normalized spacial score (nSPS) is 20.6. The first-order chi connectivity index (χ1) is 15.8. The summed E-state index contributed by atoms with van der Waals surface area (Å²) in [6, 6.07) is 17.7. The fourth-order valence-corrected chi connectivity index (χ4v) is 5.83. The van der Waals surface area contributed by atoms with E-state index in [1.807, 2.05) is 0 Å². The minimum atomic E-state index is 0. The minimum absolute atomic E-state index is 0. The third-order valence-electron chi connectivity index (χ3n) is 7.67. The lowest BCUT2D eigenvalue weighted by Gasteiger charge is -2.30. The van der Waals surface area contributed by atoms with Crippen molar-refractivity contribution in [3.63, 3.8) is 0 Å². The Morgan fingerprint density at radius 2 is 1.42 bits per heavy atom. The van der Waals surface area contributed by atoms with Gasteiger partial charge in [-0.2, -0.15) is 0 Å². The molecule has 0 spiro atoms. The SMILES string of the molecule is Cl.O=C1CCCCC1CCCCN1CCC(=C2c3ccccc3C=Cc3ccccc32)CC1. The smallest absolute Gasteiger partial charge is 0.135 e. The number of piperidine rings is 1. The molecule has 0 bridgehead atoms. The van der Waals surface area contributed by atoms with Crippen LogP contribution in [0.15, 0.2) is 54.1 Å². The third-order valence-corrected chi connectivity index (χ3v) is 7.67. The number of rotatable bonds is 5. The molecule has 3 aliphatic rings. The highest BCUT2D eigenvalue weighted by Gasteiger charge is 2.23. The van der Waals surface area contributed by atoms with Gasteiger partial charge in [-0.15, -0.1) is 12.4 Å². The van der Waals surface area contributed by atoms with Gasteiger partial charge in [-0.1, -0.05) is 79.1 Å². The van der Waals surface area contributed by atoms with Crippen molar-refractivity contribution in [3.05, 3.63) is 76.4 Å². The minimum Gasteiger partial charge on any atom is -0.303 e. The molecule has 2 aromatic rings. The van der Waals surface area contributed by atoms with E-state index in [0.29, 0.717) is 11.7 Å². The van der Waals surface area contributed by atoms with E-state index in [2.05, 4.69) is 65.6 Å². The van der Waals surface area contributed by atoms with Crippen LogP contribution in [0, 0.1) is 5.92 Å². The molecule has 0 aromatic heterocycles. The van der Waals surface area contributed by atoms with Crippen molar-refractivity contribution < 1.29 is 4.79 Å². The number of hydrogen-bond donors (Lipinski definition) is 0. The predicted octanol–water partition coefficient (Wildman–Crippen LogP) is 7.42. The molecule has 1 aliphatic heterocycles. The van der Waals surface area contributed by atoms with Crippen LogP contribution >= 0.6 is 12.4 Å². The first-order valence-electron chi connectivity index (χ1n) is 12.6. The Morgan fingerprint density at radius 3 is 2.06 bits per heavy atom. The van der Waals surface area contributed by atoms with Crippen LogP contribution in [0.25, 0.3) is 17.7 Å². The molecule has 2 aromatic carbocycles. The Hall–Kier alpha value is -2.16. The van der Waals surface area contributed by atoms with Gasteiger partial charge in [-0.25, -0.2) is 0 Å². The van der Waals surface area contributed by atoms with E-state index in [-0.39, 0.29) is 12.4 Å². The molecule has 1 saturated heterocycles. The van der Waals surface area contributed by atoms with E-state index in [9.17, 15) is 4.79 Å². The van der Waals surface area contributed by atoms with E-state index in [4.69, 9.17) is 0 Å². The van der Waals surface area contributed by atoms with Crippen LogP contribution in [-0.4, -0.2) is 30.3 Å². The van der Waals surface area contributed by atoms with Gasteiger partial charge in [0.25, 0.3) is 0 Å². The highest BCUT2D eigenvalue weighted by atomic mass is 35.5. The van der Waals surface area contributed by atoms with Gasteiger partial charge in [0.15, 0.2) is 0 Å². The van der Waals surface area contributed by atoms with Gasteiger partial charge in [-0.3, -0.25) is 4.79 Å². The van der Waals surface area contributed by atoms with Gasteiger partial charge < -0.3 is 4.90 Å². The van der Waals surface area contributed by atoms with Gasteiger partial charge in [0.2, 0.25) is 0 Å². The zero-order valence-electron chi connectivity index (χ0n) is 19.6. The number of carbonyl (C=O) groups is 1. The van der Waals surface area contributed by atoms with Crippen molar-refractivity contribution in [2.75, 3.05) is 19.6 Å². The van der Waals surface area contributed by atoms with Crippen molar-refractivity contribution >= 4 is 35.9 Å². The molecule has 2 nitrogen and oxygen atoms in total. The first-order valence-corrected chi connectivity index (χ1v) is 12.6. The van der Waals surface area contributed by atoms with Crippen LogP contribution in [0.3, 0.4) is 0 Å². The molecule has 3 heteroatoms. The van der Waals surface area contributed by atoms with Crippen molar-refractivity contribution in [3.8, 4) is 0 Å². The summed E-state index contributed by atoms with van der Waals surface area (Å²) in [6.07, 6.45) is 14.7. The quantitative estimate of drug-likeness (QED) is 0.368. The van der Waals surface area contributed by atoms with Crippen LogP contribution in [-0.2, 0) is 4.79 Å². The molecule has 174 valence electrons. The number of unbranched alkanes of at least 4 members (excludes halogenated alkanes) is 1. The zero-order valence-corrected chi connectivity index (χ0v) is 20.4. The number of fused-ring (bicyclic) bond motifs is 2. The second kappa shape index (κ2) is 11.3. The molecule has 2 aliphatic carbocycles. The molecule has 1 unspecified atom stereocenters. The summed E-state index contributed by atoms with van der Waals surface area (Å²) >= 11 is 0. The number of halogens is 1. The molecule has 5 rings (SSSR count). The van der Waals surface area contributed by atoms with Crippen LogP contribution < -0.4 is 0 Å². The molecule has 1 saturated carbocycles. The summed E-state index contributed by atoms with van der Waals surface area (Å²) in [4.78, 5) is 14.7. The maximum absolute atomic E-state index is 12.1. The fourth-order valence-electron chi connectivity index (χ4n) is 5.83. The second-order valence-electron chi connectivity index (χ2n) is 9.73. The van der Waals surface area contributed by atoms with Gasteiger partial charge in [-0.05, 0) is 72.9 Å². The summed E-state index contributed by atoms with van der Waals surface area (Å²) in [5.74, 6) is 0.898. The van der Waals surface area contributed by atoms with Crippen molar-refractivity contribution in [1.82, 2.24) is 4.90 Å². The zero-order chi connectivity index (χ0) is 21.8. The van der Waals surface area contributed by atoms with E-state index >= 15 is 0 Å². The Labute approximate surface area is 205 Å². The average molecular weight is 462 g/mol. The van der Waals surface area contributed by atoms with Crippen LogP contribution in [0.2, 0.25) is 0 Å². The summed E-state index contributed by atoms with van der Waals surface area (Å²) in [5.41, 5.74) is 8.50. The number of likely N-dealkylation sites (tertiary alicyclic amines) is 1. The van der Waals surface area contributed by atoms with Crippen LogP contribution in [0.5, 0.6) is 0 Å². The Morgan fingerprint density at radius 1 is 0.788 bits per heavy atom. The predicted molar refractivity (Wildman–Crippen MR) is 142 cm³/mol. The van der Waals surface area contributed by atoms with Crippen molar-refractivity contribution in [2.24, 2.45) is 5.92 Å². The lowest BCUT2D eigenvalue weighted by atomic mass is 9.84. The van der Waals surface area contributed by atoms with Crippen LogP contribution in [0.4, 0.5) is 0 Å². The largest absolute Gasteiger partial charge is 0.303 e. The first kappa shape index (κ1) is 24.0. The van der Waals surface area contributed by atoms with Gasteiger partial charge in [0.1, 0.15) is 5.78 Å². The molecular formula is C30H36ClNO.